The zero-order valence-corrected chi connectivity index (χ0v) is 18.7. The van der Waals surface area contributed by atoms with E-state index in [1.54, 1.807) is 19.2 Å². The maximum atomic E-state index is 12.0. The van der Waals surface area contributed by atoms with E-state index in [1.807, 2.05) is 47.8 Å². The first-order chi connectivity index (χ1) is 14.7. The molecule has 0 spiro atoms. The Labute approximate surface area is 184 Å². The standard InChI is InChI=1S/C21H24N2O5S2/c1-25-17-9-6-15(19(26-2)20(17)27-3)12-22-23-18(24)13-28-16-7-4-14(5-8-16)21-29-10-11-30-21/h4-9,12,21H,10-11,13H2,1-3H3,(H,23,24)/b22-12-. The van der Waals surface area contributed by atoms with Crippen molar-refractivity contribution in [2.75, 3.05) is 39.4 Å². The molecule has 1 fully saturated rings. The summed E-state index contributed by atoms with van der Waals surface area (Å²) >= 11 is 3.90. The Kier molecular flexibility index (Phi) is 8.15. The van der Waals surface area contributed by atoms with Crippen molar-refractivity contribution in [1.82, 2.24) is 5.43 Å². The first kappa shape index (κ1) is 22.2. The van der Waals surface area contributed by atoms with Crippen molar-refractivity contribution in [3.8, 4) is 23.0 Å². The molecule has 30 heavy (non-hydrogen) atoms. The van der Waals surface area contributed by atoms with E-state index in [-0.39, 0.29) is 12.5 Å². The third-order valence-electron chi connectivity index (χ3n) is 4.27. The molecule has 1 saturated heterocycles. The van der Waals surface area contributed by atoms with Crippen molar-refractivity contribution in [2.45, 2.75) is 4.58 Å². The van der Waals surface area contributed by atoms with E-state index in [2.05, 4.69) is 10.5 Å². The van der Waals surface area contributed by atoms with Crippen molar-refractivity contribution in [3.05, 3.63) is 47.5 Å². The molecule has 0 bridgehead atoms. The second-order valence-corrected chi connectivity index (χ2v) is 8.87. The Balaban J connectivity index is 1.52. The molecule has 3 rings (SSSR count). The molecule has 0 aromatic heterocycles. The highest BCUT2D eigenvalue weighted by atomic mass is 32.2. The highest BCUT2D eigenvalue weighted by Crippen LogP contribution is 2.45. The van der Waals surface area contributed by atoms with Gasteiger partial charge in [0.2, 0.25) is 5.75 Å². The second kappa shape index (κ2) is 11.0. The summed E-state index contributed by atoms with van der Waals surface area (Å²) in [4.78, 5) is 12.0. The van der Waals surface area contributed by atoms with Gasteiger partial charge in [0, 0.05) is 17.1 Å². The van der Waals surface area contributed by atoms with Gasteiger partial charge in [-0.15, -0.1) is 23.5 Å². The Bertz CT molecular complexity index is 884. The fraction of sp³-hybridized carbons (Fsp3) is 0.333. The number of hydrogen-bond acceptors (Lipinski definition) is 8. The van der Waals surface area contributed by atoms with Crippen molar-refractivity contribution >= 4 is 35.6 Å². The van der Waals surface area contributed by atoms with Crippen LogP contribution in [0.3, 0.4) is 0 Å². The molecule has 9 heteroatoms. The van der Waals surface area contributed by atoms with E-state index in [4.69, 9.17) is 18.9 Å². The molecule has 0 atom stereocenters. The molecular formula is C21H24N2O5S2. The summed E-state index contributed by atoms with van der Waals surface area (Å²) < 4.78 is 22.0. The molecule has 1 amide bonds. The molecule has 1 aliphatic rings. The summed E-state index contributed by atoms with van der Waals surface area (Å²) in [6.45, 7) is -0.132. The number of nitrogens with one attached hydrogen (secondary N) is 1. The summed E-state index contributed by atoms with van der Waals surface area (Å²) in [5.41, 5.74) is 4.35. The molecule has 1 N–H and O–H groups in total. The van der Waals surface area contributed by atoms with Gasteiger partial charge in [-0.1, -0.05) is 12.1 Å². The normalized spacial score (nSPS) is 14.0. The quantitative estimate of drug-likeness (QED) is 0.463. The van der Waals surface area contributed by atoms with Crippen LogP contribution in [0.15, 0.2) is 41.5 Å². The average Bonchev–Trinajstić information content (AvgIpc) is 3.32. The molecule has 0 aliphatic carbocycles. The van der Waals surface area contributed by atoms with Crippen molar-refractivity contribution < 1.29 is 23.7 Å². The van der Waals surface area contributed by atoms with E-state index in [9.17, 15) is 4.79 Å². The molecule has 2 aromatic carbocycles. The fourth-order valence-corrected chi connectivity index (χ4v) is 5.71. The maximum Gasteiger partial charge on any atom is 0.277 e. The fourth-order valence-electron chi connectivity index (χ4n) is 2.85. The lowest BCUT2D eigenvalue weighted by Gasteiger charge is -2.13. The van der Waals surface area contributed by atoms with Gasteiger partial charge in [0.25, 0.3) is 5.91 Å². The van der Waals surface area contributed by atoms with Crippen LogP contribution >= 0.6 is 23.5 Å². The van der Waals surface area contributed by atoms with Crippen LogP contribution in [0.4, 0.5) is 0 Å². The number of ether oxygens (including phenoxy) is 4. The van der Waals surface area contributed by atoms with Gasteiger partial charge in [0.05, 0.1) is 32.1 Å². The number of amides is 1. The van der Waals surface area contributed by atoms with Crippen LogP contribution in [0.1, 0.15) is 15.7 Å². The third kappa shape index (κ3) is 5.54. The Hall–Kier alpha value is -2.52. The molecule has 160 valence electrons. The van der Waals surface area contributed by atoms with Gasteiger partial charge in [-0.05, 0) is 29.8 Å². The number of thioether (sulfide) groups is 2. The van der Waals surface area contributed by atoms with E-state index >= 15 is 0 Å². The first-order valence-corrected chi connectivity index (χ1v) is 11.3. The largest absolute Gasteiger partial charge is 0.493 e. The predicted octanol–water partition coefficient (Wildman–Crippen LogP) is 3.72. The molecular weight excluding hydrogens is 424 g/mol. The van der Waals surface area contributed by atoms with E-state index in [0.717, 1.165) is 0 Å². The molecule has 2 aromatic rings. The lowest BCUT2D eigenvalue weighted by Crippen LogP contribution is -2.24. The number of carbonyl (C=O) groups excluding carboxylic acids is 1. The number of carbonyl (C=O) groups is 1. The van der Waals surface area contributed by atoms with E-state index in [0.29, 0.717) is 33.1 Å². The lowest BCUT2D eigenvalue weighted by molar-refractivity contribution is -0.123. The first-order valence-electron chi connectivity index (χ1n) is 9.23. The zero-order valence-electron chi connectivity index (χ0n) is 17.0. The highest BCUT2D eigenvalue weighted by molar-refractivity contribution is 8.19. The number of hydrogen-bond donors (Lipinski definition) is 1. The summed E-state index contributed by atoms with van der Waals surface area (Å²) in [7, 11) is 4.60. The van der Waals surface area contributed by atoms with Crippen LogP contribution in [0.5, 0.6) is 23.0 Å². The van der Waals surface area contributed by atoms with Crippen LogP contribution in [0, 0.1) is 0 Å². The smallest absolute Gasteiger partial charge is 0.277 e. The molecule has 1 aliphatic heterocycles. The minimum absolute atomic E-state index is 0.132. The average molecular weight is 449 g/mol. The number of benzene rings is 2. The monoisotopic (exact) mass is 448 g/mol. The Morgan fingerprint density at radius 2 is 1.73 bits per heavy atom. The van der Waals surface area contributed by atoms with E-state index in [1.165, 1.54) is 37.5 Å². The topological polar surface area (TPSA) is 78.4 Å². The van der Waals surface area contributed by atoms with E-state index < -0.39 is 0 Å². The van der Waals surface area contributed by atoms with Crippen LogP contribution in [-0.2, 0) is 4.79 Å². The minimum Gasteiger partial charge on any atom is -0.493 e. The van der Waals surface area contributed by atoms with Gasteiger partial charge >= 0.3 is 0 Å². The minimum atomic E-state index is -0.364. The predicted molar refractivity (Wildman–Crippen MR) is 121 cm³/mol. The number of methoxy groups -OCH3 is 3. The molecule has 1 heterocycles. The van der Waals surface area contributed by atoms with Gasteiger partial charge in [-0.2, -0.15) is 5.10 Å². The van der Waals surface area contributed by atoms with Crippen LogP contribution in [0.25, 0.3) is 0 Å². The van der Waals surface area contributed by atoms with Gasteiger partial charge in [-0.25, -0.2) is 5.43 Å². The van der Waals surface area contributed by atoms with Gasteiger partial charge < -0.3 is 18.9 Å². The molecule has 0 unspecified atom stereocenters. The molecule has 0 radical (unpaired) electrons. The lowest BCUT2D eigenvalue weighted by atomic mass is 10.2. The van der Waals surface area contributed by atoms with Gasteiger partial charge in [-0.3, -0.25) is 4.79 Å². The summed E-state index contributed by atoms with van der Waals surface area (Å²) in [6, 6.07) is 11.4. The van der Waals surface area contributed by atoms with Crippen LogP contribution in [-0.4, -0.2) is 51.6 Å². The zero-order chi connectivity index (χ0) is 21.3. The van der Waals surface area contributed by atoms with Crippen molar-refractivity contribution in [3.63, 3.8) is 0 Å². The maximum absolute atomic E-state index is 12.0. The second-order valence-electron chi connectivity index (χ2n) is 6.15. The molecule has 7 nitrogen and oxygen atoms in total. The van der Waals surface area contributed by atoms with Crippen molar-refractivity contribution in [1.29, 1.82) is 0 Å². The summed E-state index contributed by atoms with van der Waals surface area (Å²) in [5.74, 6) is 4.11. The summed E-state index contributed by atoms with van der Waals surface area (Å²) in [6.07, 6.45) is 1.48. The number of rotatable bonds is 9. The molecule has 0 saturated carbocycles. The summed E-state index contributed by atoms with van der Waals surface area (Å²) in [5, 5.41) is 3.97. The Morgan fingerprint density at radius 3 is 2.37 bits per heavy atom. The van der Waals surface area contributed by atoms with Gasteiger partial charge in [0.1, 0.15) is 5.75 Å². The number of nitrogens with zero attached hydrogens (tertiary/aromatic N) is 1. The Morgan fingerprint density at radius 1 is 1.03 bits per heavy atom. The van der Waals surface area contributed by atoms with Crippen molar-refractivity contribution in [2.24, 2.45) is 5.10 Å². The van der Waals surface area contributed by atoms with Crippen LogP contribution < -0.4 is 24.4 Å². The number of hydrazone groups is 1. The third-order valence-corrected chi connectivity index (χ3v) is 7.38. The SMILES string of the molecule is COc1ccc(/C=N\NC(=O)COc2ccc(C3SCCS3)cc2)c(OC)c1OC. The van der Waals surface area contributed by atoms with Crippen LogP contribution in [0.2, 0.25) is 0 Å². The van der Waals surface area contributed by atoms with Gasteiger partial charge in [0.15, 0.2) is 18.1 Å². The highest BCUT2D eigenvalue weighted by Gasteiger charge is 2.18.